The highest BCUT2D eigenvalue weighted by Crippen LogP contribution is 2.25. The molecule has 1 saturated heterocycles. The Kier molecular flexibility index (Phi) is 8.16. The minimum Gasteiger partial charge on any atom is -0.489 e. The molecule has 148 valence electrons. The molecular formula is C23H26BrClN2O. The lowest BCUT2D eigenvalue weighted by molar-refractivity contribution is 0.357. The smallest absolute Gasteiger partial charge is 0.124 e. The number of hydrogen-bond acceptors (Lipinski definition) is 3. The molecule has 0 amide bonds. The normalized spacial score (nSPS) is 16.6. The van der Waals surface area contributed by atoms with E-state index in [0.29, 0.717) is 12.5 Å². The second-order valence-electron chi connectivity index (χ2n) is 6.96. The highest BCUT2D eigenvalue weighted by molar-refractivity contribution is 9.10. The fourth-order valence-electron chi connectivity index (χ4n) is 3.25. The van der Waals surface area contributed by atoms with Gasteiger partial charge in [0.05, 0.1) is 0 Å². The Morgan fingerprint density at radius 1 is 1.25 bits per heavy atom. The van der Waals surface area contributed by atoms with Gasteiger partial charge in [0.1, 0.15) is 12.4 Å². The van der Waals surface area contributed by atoms with Crippen molar-refractivity contribution in [2.75, 3.05) is 26.2 Å². The van der Waals surface area contributed by atoms with Gasteiger partial charge < -0.3 is 15.4 Å². The van der Waals surface area contributed by atoms with Crippen LogP contribution in [0, 0.1) is 5.92 Å². The molecule has 0 radical (unpaired) electrons. The molecule has 2 aromatic carbocycles. The number of benzene rings is 2. The second-order valence-corrected chi connectivity index (χ2v) is 8.25. The van der Waals surface area contributed by atoms with E-state index < -0.39 is 0 Å². The molecule has 28 heavy (non-hydrogen) atoms. The number of ether oxygens (including phenoxy) is 1. The molecule has 0 aromatic heterocycles. The summed E-state index contributed by atoms with van der Waals surface area (Å²) in [6, 6.07) is 12.1. The van der Waals surface area contributed by atoms with E-state index in [4.69, 9.17) is 16.3 Å². The van der Waals surface area contributed by atoms with E-state index >= 15 is 0 Å². The van der Waals surface area contributed by atoms with Crippen molar-refractivity contribution < 1.29 is 4.74 Å². The second kappa shape index (κ2) is 10.8. The maximum absolute atomic E-state index is 6.02. The predicted molar refractivity (Wildman–Crippen MR) is 123 cm³/mol. The maximum atomic E-state index is 6.02. The van der Waals surface area contributed by atoms with Crippen LogP contribution in [0.2, 0.25) is 5.02 Å². The predicted octanol–water partition coefficient (Wildman–Crippen LogP) is 5.54. The number of nitrogens with one attached hydrogen (secondary N) is 2. The van der Waals surface area contributed by atoms with Gasteiger partial charge in [-0.15, -0.1) is 0 Å². The van der Waals surface area contributed by atoms with Crippen molar-refractivity contribution in [2.24, 2.45) is 5.92 Å². The Morgan fingerprint density at radius 3 is 2.89 bits per heavy atom. The molecule has 3 nitrogen and oxygen atoms in total. The number of halogens is 2. The first kappa shape index (κ1) is 21.1. The largest absolute Gasteiger partial charge is 0.489 e. The molecule has 0 saturated carbocycles. The van der Waals surface area contributed by atoms with Gasteiger partial charge >= 0.3 is 0 Å². The first-order chi connectivity index (χ1) is 13.7. The van der Waals surface area contributed by atoms with Crippen LogP contribution in [0.15, 0.2) is 53.5 Å². The van der Waals surface area contributed by atoms with Crippen molar-refractivity contribution >= 4 is 39.7 Å². The third-order valence-corrected chi connectivity index (χ3v) is 5.69. The number of hydrogen-bond donors (Lipinski definition) is 2. The van der Waals surface area contributed by atoms with E-state index in [2.05, 4.69) is 57.4 Å². The van der Waals surface area contributed by atoms with Gasteiger partial charge in [0.15, 0.2) is 0 Å². The summed E-state index contributed by atoms with van der Waals surface area (Å²) in [5.74, 6) is 1.62. The minimum atomic E-state index is 0.506. The summed E-state index contributed by atoms with van der Waals surface area (Å²) in [7, 11) is 0. The molecule has 2 aromatic rings. The molecule has 1 fully saturated rings. The lowest BCUT2D eigenvalue weighted by Crippen LogP contribution is -2.24. The zero-order chi connectivity index (χ0) is 19.8. The summed E-state index contributed by atoms with van der Waals surface area (Å²) in [5.41, 5.74) is 3.38. The Bertz CT molecular complexity index is 831. The van der Waals surface area contributed by atoms with E-state index in [9.17, 15) is 0 Å². The van der Waals surface area contributed by atoms with Crippen molar-refractivity contribution in [2.45, 2.75) is 13.0 Å². The molecule has 0 aliphatic carbocycles. The SMILES string of the molecule is C=CCOc1ccc(/C=C/c2ccc(Cl)cc2Br)cc1CNCC1CCNC1. The van der Waals surface area contributed by atoms with Crippen molar-refractivity contribution in [3.63, 3.8) is 0 Å². The first-order valence-corrected chi connectivity index (χ1v) is 10.7. The van der Waals surface area contributed by atoms with Crippen LogP contribution in [-0.4, -0.2) is 26.2 Å². The molecule has 1 aliphatic heterocycles. The van der Waals surface area contributed by atoms with Crippen LogP contribution in [0.4, 0.5) is 0 Å². The Labute approximate surface area is 181 Å². The van der Waals surface area contributed by atoms with Gasteiger partial charge in [-0.1, -0.05) is 64.5 Å². The van der Waals surface area contributed by atoms with Crippen LogP contribution in [0.25, 0.3) is 12.2 Å². The standard InChI is InChI=1S/C23H26BrClN2O/c1-2-11-28-23-8-4-17(3-5-19-6-7-21(25)13-22(19)24)12-20(23)16-27-15-18-9-10-26-14-18/h2-8,12-13,18,26-27H,1,9-11,14-16H2/b5-3+. The molecular weight excluding hydrogens is 436 g/mol. The maximum Gasteiger partial charge on any atom is 0.124 e. The molecule has 0 spiro atoms. The molecule has 1 heterocycles. The molecule has 0 bridgehead atoms. The fourth-order valence-corrected chi connectivity index (χ4v) is 4.07. The van der Waals surface area contributed by atoms with Crippen LogP contribution in [0.1, 0.15) is 23.1 Å². The minimum absolute atomic E-state index is 0.506. The van der Waals surface area contributed by atoms with Gasteiger partial charge in [-0.2, -0.15) is 0 Å². The molecule has 1 atom stereocenters. The molecule has 2 N–H and O–H groups in total. The van der Waals surface area contributed by atoms with Crippen molar-refractivity contribution in [3.8, 4) is 5.75 Å². The van der Waals surface area contributed by atoms with E-state index in [1.807, 2.05) is 24.3 Å². The lowest BCUT2D eigenvalue weighted by Gasteiger charge is -2.14. The van der Waals surface area contributed by atoms with E-state index in [1.54, 1.807) is 6.08 Å². The molecule has 5 heteroatoms. The van der Waals surface area contributed by atoms with Crippen LogP contribution < -0.4 is 15.4 Å². The van der Waals surface area contributed by atoms with Crippen LogP contribution in [0.3, 0.4) is 0 Å². The summed E-state index contributed by atoms with van der Waals surface area (Å²) in [6.45, 7) is 8.28. The van der Waals surface area contributed by atoms with Crippen LogP contribution in [-0.2, 0) is 6.54 Å². The average Bonchev–Trinajstić information content (AvgIpc) is 3.20. The van der Waals surface area contributed by atoms with Crippen molar-refractivity contribution in [3.05, 3.63) is 75.2 Å². The van der Waals surface area contributed by atoms with Crippen molar-refractivity contribution in [1.82, 2.24) is 10.6 Å². The molecule has 3 rings (SSSR count). The summed E-state index contributed by atoms with van der Waals surface area (Å²) in [6.07, 6.45) is 7.20. The van der Waals surface area contributed by atoms with Gasteiger partial charge in [0, 0.05) is 21.6 Å². The van der Waals surface area contributed by atoms with Gasteiger partial charge in [-0.3, -0.25) is 0 Å². The zero-order valence-corrected chi connectivity index (χ0v) is 18.2. The van der Waals surface area contributed by atoms with Gasteiger partial charge in [-0.25, -0.2) is 0 Å². The van der Waals surface area contributed by atoms with Gasteiger partial charge in [-0.05, 0) is 67.4 Å². The lowest BCUT2D eigenvalue weighted by atomic mass is 10.1. The summed E-state index contributed by atoms with van der Waals surface area (Å²) in [4.78, 5) is 0. The molecule has 1 aliphatic rings. The highest BCUT2D eigenvalue weighted by atomic mass is 79.9. The molecule has 1 unspecified atom stereocenters. The Balaban J connectivity index is 1.71. The third kappa shape index (κ3) is 6.21. The summed E-state index contributed by atoms with van der Waals surface area (Å²) in [5, 5.41) is 7.72. The summed E-state index contributed by atoms with van der Waals surface area (Å²) >= 11 is 9.58. The third-order valence-electron chi connectivity index (χ3n) is 4.77. The Hall–Kier alpha value is -1.59. The van der Waals surface area contributed by atoms with E-state index in [-0.39, 0.29) is 0 Å². The van der Waals surface area contributed by atoms with E-state index in [1.165, 1.54) is 6.42 Å². The fraction of sp³-hybridized carbons (Fsp3) is 0.304. The van der Waals surface area contributed by atoms with Crippen molar-refractivity contribution in [1.29, 1.82) is 0 Å². The highest BCUT2D eigenvalue weighted by Gasteiger charge is 2.14. The summed E-state index contributed by atoms with van der Waals surface area (Å²) < 4.78 is 6.82. The Morgan fingerprint density at radius 2 is 2.14 bits per heavy atom. The topological polar surface area (TPSA) is 33.3 Å². The average molecular weight is 462 g/mol. The zero-order valence-electron chi connectivity index (χ0n) is 15.9. The monoisotopic (exact) mass is 460 g/mol. The van der Waals surface area contributed by atoms with Gasteiger partial charge in [0.2, 0.25) is 0 Å². The quantitative estimate of drug-likeness (QED) is 0.380. The van der Waals surface area contributed by atoms with Crippen LogP contribution in [0.5, 0.6) is 5.75 Å². The van der Waals surface area contributed by atoms with Crippen LogP contribution >= 0.6 is 27.5 Å². The van der Waals surface area contributed by atoms with E-state index in [0.717, 1.165) is 58.1 Å². The number of rotatable bonds is 9. The first-order valence-electron chi connectivity index (χ1n) is 9.57. The van der Waals surface area contributed by atoms with Gasteiger partial charge in [0.25, 0.3) is 0 Å².